The van der Waals surface area contributed by atoms with Crippen molar-refractivity contribution in [3.05, 3.63) is 95.3 Å². The summed E-state index contributed by atoms with van der Waals surface area (Å²) < 4.78 is 21.7. The second kappa shape index (κ2) is 14.1. The number of benzene rings is 3. The number of ether oxygens (including phenoxy) is 3. The monoisotopic (exact) mass is 666 g/mol. The van der Waals surface area contributed by atoms with Crippen LogP contribution in [0.25, 0.3) is 11.0 Å². The molecule has 12 heteroatoms. The lowest BCUT2D eigenvalue weighted by Crippen LogP contribution is -2.51. The van der Waals surface area contributed by atoms with Crippen LogP contribution in [0, 0.1) is 0 Å². The largest absolute Gasteiger partial charge is 0.484 e. The predicted molar refractivity (Wildman–Crippen MR) is 178 cm³/mol. The molecule has 2 fully saturated rings. The number of hydrogen-bond donors (Lipinski definition) is 0. The van der Waals surface area contributed by atoms with Crippen LogP contribution in [0.1, 0.15) is 51.9 Å². The molecule has 0 radical (unpaired) electrons. The zero-order chi connectivity index (χ0) is 33.9. The van der Waals surface area contributed by atoms with Crippen molar-refractivity contribution in [1.82, 2.24) is 19.3 Å². The van der Waals surface area contributed by atoms with Crippen molar-refractivity contribution in [2.24, 2.45) is 0 Å². The molecule has 0 aliphatic carbocycles. The van der Waals surface area contributed by atoms with Crippen molar-refractivity contribution in [1.29, 1.82) is 0 Å². The van der Waals surface area contributed by atoms with Gasteiger partial charge < -0.3 is 24.0 Å². The number of imidazole rings is 1. The van der Waals surface area contributed by atoms with E-state index in [-0.39, 0.29) is 43.6 Å². The molecule has 1 atom stereocenters. The van der Waals surface area contributed by atoms with Crippen molar-refractivity contribution >= 4 is 34.8 Å². The van der Waals surface area contributed by atoms with Gasteiger partial charge in [-0.15, -0.1) is 0 Å². The fourth-order valence-corrected chi connectivity index (χ4v) is 6.89. The minimum Gasteiger partial charge on any atom is -0.484 e. The summed E-state index contributed by atoms with van der Waals surface area (Å²) in [5.41, 5.74) is 3.56. The minimum atomic E-state index is -0.391. The first-order chi connectivity index (χ1) is 23.9. The normalized spacial score (nSPS) is 17.6. The maximum absolute atomic E-state index is 13.3. The Morgan fingerprint density at radius 1 is 0.898 bits per heavy atom. The summed E-state index contributed by atoms with van der Waals surface area (Å²) >= 11 is 0. The Kier molecular flexibility index (Phi) is 9.30. The summed E-state index contributed by atoms with van der Waals surface area (Å²) in [5.74, 6) is 0.581. The van der Waals surface area contributed by atoms with Crippen LogP contribution in [0.5, 0.6) is 5.75 Å². The molecule has 49 heavy (non-hydrogen) atoms. The van der Waals surface area contributed by atoms with Gasteiger partial charge in [0, 0.05) is 38.9 Å². The molecule has 7 rings (SSSR count). The van der Waals surface area contributed by atoms with E-state index in [0.29, 0.717) is 62.8 Å². The highest BCUT2D eigenvalue weighted by Gasteiger charge is 2.39. The van der Waals surface area contributed by atoms with E-state index < -0.39 is 6.09 Å². The van der Waals surface area contributed by atoms with Gasteiger partial charge in [0.15, 0.2) is 17.6 Å². The third-order valence-corrected chi connectivity index (χ3v) is 9.51. The summed E-state index contributed by atoms with van der Waals surface area (Å²) in [5, 5.41) is 0. The van der Waals surface area contributed by atoms with Crippen LogP contribution in [0.15, 0.2) is 72.8 Å². The van der Waals surface area contributed by atoms with Crippen LogP contribution in [0.4, 0.5) is 4.79 Å². The van der Waals surface area contributed by atoms with Gasteiger partial charge in [0.05, 0.1) is 23.8 Å². The molecule has 12 nitrogen and oxygen atoms in total. The maximum Gasteiger partial charge on any atom is 0.410 e. The van der Waals surface area contributed by atoms with Gasteiger partial charge in [0.2, 0.25) is 0 Å². The van der Waals surface area contributed by atoms with Gasteiger partial charge in [-0.3, -0.25) is 19.3 Å². The topological polar surface area (TPSA) is 114 Å². The van der Waals surface area contributed by atoms with Crippen LogP contribution >= 0.6 is 0 Å². The second-order valence-electron chi connectivity index (χ2n) is 12.5. The number of carbonyl (C=O) groups excluding carboxylic acids is 4. The van der Waals surface area contributed by atoms with E-state index in [9.17, 15) is 19.2 Å². The van der Waals surface area contributed by atoms with E-state index in [1.165, 1.54) is 4.90 Å². The van der Waals surface area contributed by atoms with E-state index in [0.717, 1.165) is 35.3 Å². The summed E-state index contributed by atoms with van der Waals surface area (Å²) in [4.78, 5) is 57.0. The molecule has 3 aliphatic rings. The average Bonchev–Trinajstić information content (AvgIpc) is 3.83. The number of imide groups is 1. The Bertz CT molecular complexity index is 1840. The van der Waals surface area contributed by atoms with Crippen LogP contribution in [-0.4, -0.2) is 88.6 Å². The fourth-order valence-electron chi connectivity index (χ4n) is 6.89. The molecule has 4 amide bonds. The Morgan fingerprint density at radius 3 is 2.27 bits per heavy atom. The number of aryl methyl sites for hydroxylation is 1. The highest BCUT2D eigenvalue weighted by molar-refractivity contribution is 6.21. The molecule has 0 saturated carbocycles. The van der Waals surface area contributed by atoms with Gasteiger partial charge in [-0.05, 0) is 49.6 Å². The highest BCUT2D eigenvalue weighted by Crippen LogP contribution is 2.28. The number of piperazine rings is 1. The van der Waals surface area contributed by atoms with Crippen molar-refractivity contribution in [2.75, 3.05) is 39.4 Å². The lowest BCUT2D eigenvalue weighted by molar-refractivity contribution is -0.677. The molecule has 4 aromatic rings. The van der Waals surface area contributed by atoms with E-state index >= 15 is 0 Å². The smallest absolute Gasteiger partial charge is 0.410 e. The molecule has 3 aliphatic heterocycles. The number of aromatic nitrogens is 2. The van der Waals surface area contributed by atoms with Crippen LogP contribution < -0.4 is 9.30 Å². The van der Waals surface area contributed by atoms with E-state index in [2.05, 4.69) is 9.13 Å². The van der Waals surface area contributed by atoms with Gasteiger partial charge in [-0.2, -0.15) is 0 Å². The zero-order valence-corrected chi connectivity index (χ0v) is 27.6. The van der Waals surface area contributed by atoms with Crippen molar-refractivity contribution < 1.29 is 38.0 Å². The summed E-state index contributed by atoms with van der Waals surface area (Å²) in [6.07, 6.45) is 1.51. The number of hydrogen-bond acceptors (Lipinski definition) is 7. The SMILES string of the molecule is CC[n+]1c(CN2C(=O)c3ccccc3C2=O)n(C[C@@H]2CCCO2)c2cc(OCC(=O)N3CCN(C(=O)OCc4ccccc4)CC3)ccc21. The van der Waals surface area contributed by atoms with Crippen LogP contribution in [-0.2, 0) is 40.5 Å². The average molecular weight is 667 g/mol. The van der Waals surface area contributed by atoms with E-state index in [4.69, 9.17) is 14.2 Å². The Labute approximate surface area is 284 Å². The molecular formula is C37H40N5O7+. The van der Waals surface area contributed by atoms with Gasteiger partial charge in [-0.25, -0.2) is 13.9 Å². The second-order valence-corrected chi connectivity index (χ2v) is 12.5. The van der Waals surface area contributed by atoms with E-state index in [1.54, 1.807) is 34.1 Å². The predicted octanol–water partition coefficient (Wildman–Crippen LogP) is 3.78. The van der Waals surface area contributed by atoms with E-state index in [1.807, 2.05) is 55.5 Å². The molecule has 0 bridgehead atoms. The third-order valence-electron chi connectivity index (χ3n) is 9.51. The van der Waals surface area contributed by atoms with Gasteiger partial charge in [-0.1, -0.05) is 42.5 Å². The van der Waals surface area contributed by atoms with Crippen molar-refractivity contribution in [3.63, 3.8) is 0 Å². The standard InChI is InChI=1S/C37H40N5O7/c1-2-40-31-15-14-27(48-25-34(43)38-16-18-39(19-17-38)37(46)49-24-26-9-4-3-5-10-26)21-32(31)41(22-28-11-8-20-47-28)33(40)23-42-35(44)29-12-6-7-13-30(29)36(42)45/h3-7,9-10,12-15,21,28H,2,8,11,16-20,22-25H2,1H3/q+1/t28-/m0/s1. The number of fused-ring (bicyclic) bond motifs is 2. The minimum absolute atomic E-state index is 0.00211. The molecule has 0 N–H and O–H groups in total. The molecule has 0 spiro atoms. The molecular weight excluding hydrogens is 626 g/mol. The first-order valence-electron chi connectivity index (χ1n) is 16.9. The maximum atomic E-state index is 13.3. The van der Waals surface area contributed by atoms with Gasteiger partial charge >= 0.3 is 6.09 Å². The quantitative estimate of drug-likeness (QED) is 0.187. The molecule has 4 heterocycles. The Morgan fingerprint density at radius 2 is 1.59 bits per heavy atom. The first kappa shape index (κ1) is 32.3. The number of amides is 4. The Balaban J connectivity index is 1.04. The summed E-state index contributed by atoms with van der Waals surface area (Å²) in [7, 11) is 0. The molecule has 3 aromatic carbocycles. The zero-order valence-electron chi connectivity index (χ0n) is 27.6. The van der Waals surface area contributed by atoms with Crippen molar-refractivity contribution in [3.8, 4) is 5.75 Å². The highest BCUT2D eigenvalue weighted by atomic mass is 16.6. The summed E-state index contributed by atoms with van der Waals surface area (Å²) in [6.45, 7) is 5.64. The van der Waals surface area contributed by atoms with Crippen LogP contribution in [0.3, 0.4) is 0 Å². The Hall–Kier alpha value is -5.23. The van der Waals surface area contributed by atoms with Crippen molar-refractivity contribution in [2.45, 2.75) is 52.1 Å². The summed E-state index contributed by atoms with van der Waals surface area (Å²) in [6, 6.07) is 22.1. The number of nitrogens with zero attached hydrogens (tertiary/aromatic N) is 5. The number of carbonyl (C=O) groups is 4. The lowest BCUT2D eigenvalue weighted by Gasteiger charge is -2.34. The molecule has 254 valence electrons. The first-order valence-corrected chi connectivity index (χ1v) is 16.9. The van der Waals surface area contributed by atoms with Gasteiger partial charge in [0.1, 0.15) is 25.4 Å². The molecule has 0 unspecified atom stereocenters. The molecule has 1 aromatic heterocycles. The van der Waals surface area contributed by atoms with Crippen LogP contribution in [0.2, 0.25) is 0 Å². The third kappa shape index (κ3) is 6.60. The van der Waals surface area contributed by atoms with Gasteiger partial charge in [0.25, 0.3) is 23.5 Å². The fraction of sp³-hybridized carbons (Fsp3) is 0.378. The molecule has 2 saturated heterocycles. The lowest BCUT2D eigenvalue weighted by atomic mass is 10.1. The number of rotatable bonds is 10.